The molecule has 1 aliphatic heterocycles. The Balaban J connectivity index is 2.21. The molecule has 1 fully saturated rings. The number of aromatic amines is 1. The molecule has 9 nitrogen and oxygen atoms in total. The summed E-state index contributed by atoms with van der Waals surface area (Å²) in [4.78, 5) is 48.6. The molecule has 2 rings (SSSR count). The van der Waals surface area contributed by atoms with E-state index in [1.165, 1.54) is 0 Å². The SMILES string of the molecule is CC(C)C(=O)OCC1OC(n2cc(F)c(=O)[nH]c2=O)CC1OC(=O)C(C)C. The summed E-state index contributed by atoms with van der Waals surface area (Å²) in [6.45, 7) is 6.46. The maximum absolute atomic E-state index is 13.6. The predicted octanol–water partition coefficient (Wildman–Crippen LogP) is 0.730. The van der Waals surface area contributed by atoms with Gasteiger partial charge < -0.3 is 14.2 Å². The molecule has 3 atom stereocenters. The molecule has 0 spiro atoms. The topological polar surface area (TPSA) is 117 Å². The standard InChI is InChI=1S/C17H23FN2O7/c1-8(2)15(22)25-7-12-11(27-16(23)9(3)4)5-13(26-12)20-6-10(18)14(21)19-17(20)24/h6,8-9,11-13H,5,7H2,1-4H3,(H,19,21,24). The van der Waals surface area contributed by atoms with Crippen LogP contribution in [0.4, 0.5) is 4.39 Å². The number of carbonyl (C=O) groups excluding carboxylic acids is 2. The van der Waals surface area contributed by atoms with Gasteiger partial charge >= 0.3 is 17.6 Å². The van der Waals surface area contributed by atoms with Crippen LogP contribution in [0.2, 0.25) is 0 Å². The lowest BCUT2D eigenvalue weighted by Crippen LogP contribution is -2.34. The summed E-state index contributed by atoms with van der Waals surface area (Å²) in [5.41, 5.74) is -2.00. The monoisotopic (exact) mass is 386 g/mol. The highest BCUT2D eigenvalue weighted by atomic mass is 19.1. The number of halogens is 1. The molecular formula is C17H23FN2O7. The number of aromatic nitrogens is 2. The molecule has 0 amide bonds. The highest BCUT2D eigenvalue weighted by Gasteiger charge is 2.40. The van der Waals surface area contributed by atoms with Crippen LogP contribution in [0.1, 0.15) is 40.3 Å². The Morgan fingerprint density at radius 1 is 1.26 bits per heavy atom. The molecule has 27 heavy (non-hydrogen) atoms. The van der Waals surface area contributed by atoms with Crippen LogP contribution in [0.3, 0.4) is 0 Å². The van der Waals surface area contributed by atoms with Gasteiger partial charge in [0.1, 0.15) is 25.0 Å². The lowest BCUT2D eigenvalue weighted by molar-refractivity contribution is -0.162. The van der Waals surface area contributed by atoms with Crippen molar-refractivity contribution in [1.29, 1.82) is 0 Å². The van der Waals surface area contributed by atoms with E-state index in [9.17, 15) is 23.6 Å². The number of nitrogens with one attached hydrogen (secondary N) is 1. The van der Waals surface area contributed by atoms with Gasteiger partial charge in [0.05, 0.1) is 18.0 Å². The second-order valence-corrected chi connectivity index (χ2v) is 6.92. The van der Waals surface area contributed by atoms with Gasteiger partial charge in [-0.05, 0) is 0 Å². The number of rotatable bonds is 6. The fraction of sp³-hybridized carbons (Fsp3) is 0.647. The summed E-state index contributed by atoms with van der Waals surface area (Å²) in [5, 5.41) is 0. The summed E-state index contributed by atoms with van der Waals surface area (Å²) in [6.07, 6.45) is -1.85. The van der Waals surface area contributed by atoms with Crippen molar-refractivity contribution in [3.05, 3.63) is 32.9 Å². The van der Waals surface area contributed by atoms with E-state index in [0.717, 1.165) is 10.8 Å². The van der Waals surface area contributed by atoms with E-state index in [2.05, 4.69) is 0 Å². The normalized spacial score (nSPS) is 22.3. The minimum absolute atomic E-state index is 0.0355. The average molecular weight is 386 g/mol. The Labute approximate surface area is 154 Å². The summed E-state index contributed by atoms with van der Waals surface area (Å²) in [5.74, 6) is -2.83. The van der Waals surface area contributed by atoms with Crippen molar-refractivity contribution < 1.29 is 28.2 Å². The second kappa shape index (κ2) is 8.47. The van der Waals surface area contributed by atoms with Crippen molar-refractivity contribution in [2.24, 2.45) is 11.8 Å². The predicted molar refractivity (Wildman–Crippen MR) is 90.3 cm³/mol. The van der Waals surface area contributed by atoms with Gasteiger partial charge in [-0.25, -0.2) is 4.79 Å². The molecule has 0 aromatic carbocycles. The fourth-order valence-electron chi connectivity index (χ4n) is 2.44. The number of ether oxygens (including phenoxy) is 3. The van der Waals surface area contributed by atoms with Crippen LogP contribution in [0.25, 0.3) is 0 Å². The molecule has 0 radical (unpaired) electrons. The van der Waals surface area contributed by atoms with Gasteiger partial charge in [-0.15, -0.1) is 0 Å². The zero-order valence-electron chi connectivity index (χ0n) is 15.6. The maximum atomic E-state index is 13.6. The first-order valence-electron chi connectivity index (χ1n) is 8.63. The third kappa shape index (κ3) is 5.03. The van der Waals surface area contributed by atoms with Gasteiger partial charge in [-0.3, -0.25) is 23.9 Å². The minimum atomic E-state index is -1.15. The molecule has 0 saturated carbocycles. The van der Waals surface area contributed by atoms with Crippen LogP contribution < -0.4 is 11.2 Å². The third-order valence-corrected chi connectivity index (χ3v) is 4.02. The van der Waals surface area contributed by atoms with Gasteiger partial charge in [0.15, 0.2) is 0 Å². The van der Waals surface area contributed by atoms with Crippen LogP contribution in [0, 0.1) is 17.7 Å². The minimum Gasteiger partial charge on any atom is -0.463 e. The third-order valence-electron chi connectivity index (χ3n) is 4.02. The maximum Gasteiger partial charge on any atom is 0.330 e. The molecule has 1 saturated heterocycles. The largest absolute Gasteiger partial charge is 0.463 e. The molecule has 1 aromatic heterocycles. The number of hydrogen-bond donors (Lipinski definition) is 1. The van der Waals surface area contributed by atoms with Crippen LogP contribution >= 0.6 is 0 Å². The molecule has 2 heterocycles. The molecule has 0 aliphatic carbocycles. The highest BCUT2D eigenvalue weighted by molar-refractivity contribution is 5.72. The molecule has 0 bridgehead atoms. The first-order chi connectivity index (χ1) is 12.6. The first kappa shape index (κ1) is 20.8. The Hall–Kier alpha value is -2.49. The van der Waals surface area contributed by atoms with E-state index < -0.39 is 53.4 Å². The van der Waals surface area contributed by atoms with Gasteiger partial charge in [-0.1, -0.05) is 27.7 Å². The molecule has 3 unspecified atom stereocenters. The Morgan fingerprint density at radius 3 is 2.48 bits per heavy atom. The van der Waals surface area contributed by atoms with Crippen molar-refractivity contribution in [1.82, 2.24) is 9.55 Å². The van der Waals surface area contributed by atoms with Gasteiger partial charge in [0.25, 0.3) is 5.56 Å². The van der Waals surface area contributed by atoms with E-state index in [4.69, 9.17) is 14.2 Å². The van der Waals surface area contributed by atoms with Gasteiger partial charge in [-0.2, -0.15) is 4.39 Å². The molecule has 1 aromatic rings. The number of esters is 2. The highest BCUT2D eigenvalue weighted by Crippen LogP contribution is 2.30. The van der Waals surface area contributed by atoms with Gasteiger partial charge in [0, 0.05) is 6.42 Å². The first-order valence-corrected chi connectivity index (χ1v) is 8.63. The van der Waals surface area contributed by atoms with E-state index in [1.54, 1.807) is 27.7 Å². The van der Waals surface area contributed by atoms with E-state index in [1.807, 2.05) is 4.98 Å². The summed E-state index contributed by atoms with van der Waals surface area (Å²) in [6, 6.07) is 0. The molecular weight excluding hydrogens is 363 g/mol. The quantitative estimate of drug-likeness (QED) is 0.716. The Bertz CT molecular complexity index is 814. The summed E-state index contributed by atoms with van der Waals surface area (Å²) < 4.78 is 30.6. The number of H-pyrrole nitrogens is 1. The average Bonchev–Trinajstić information content (AvgIpc) is 2.98. The zero-order valence-corrected chi connectivity index (χ0v) is 15.6. The van der Waals surface area contributed by atoms with E-state index >= 15 is 0 Å². The van der Waals surface area contributed by atoms with Gasteiger partial charge in [0.2, 0.25) is 5.82 Å². The van der Waals surface area contributed by atoms with E-state index in [0.29, 0.717) is 0 Å². The second-order valence-electron chi connectivity index (χ2n) is 6.92. The Kier molecular flexibility index (Phi) is 6.53. The van der Waals surface area contributed by atoms with Crippen molar-refractivity contribution >= 4 is 11.9 Å². The molecule has 10 heteroatoms. The zero-order chi connectivity index (χ0) is 20.3. The van der Waals surface area contributed by atoms with Crippen molar-refractivity contribution in [2.45, 2.75) is 52.6 Å². The van der Waals surface area contributed by atoms with Crippen LogP contribution in [-0.4, -0.2) is 40.3 Å². The van der Waals surface area contributed by atoms with Crippen LogP contribution in [0.5, 0.6) is 0 Å². The number of hydrogen-bond acceptors (Lipinski definition) is 7. The molecule has 1 aliphatic rings. The lowest BCUT2D eigenvalue weighted by atomic mass is 10.1. The van der Waals surface area contributed by atoms with Crippen molar-refractivity contribution in [2.75, 3.05) is 6.61 Å². The van der Waals surface area contributed by atoms with Crippen LogP contribution in [0.15, 0.2) is 15.8 Å². The molecule has 150 valence electrons. The molecule has 1 N–H and O–H groups in total. The fourth-order valence-corrected chi connectivity index (χ4v) is 2.44. The van der Waals surface area contributed by atoms with Crippen LogP contribution in [-0.2, 0) is 23.8 Å². The number of carbonyl (C=O) groups is 2. The lowest BCUT2D eigenvalue weighted by Gasteiger charge is -2.20. The number of nitrogens with zero attached hydrogens (tertiary/aromatic N) is 1. The summed E-state index contributed by atoms with van der Waals surface area (Å²) >= 11 is 0. The summed E-state index contributed by atoms with van der Waals surface area (Å²) in [7, 11) is 0. The van der Waals surface area contributed by atoms with E-state index in [-0.39, 0.29) is 18.9 Å². The Morgan fingerprint density at radius 2 is 1.89 bits per heavy atom. The smallest absolute Gasteiger partial charge is 0.330 e. The van der Waals surface area contributed by atoms with Crippen molar-refractivity contribution in [3.63, 3.8) is 0 Å². The van der Waals surface area contributed by atoms with Crippen molar-refractivity contribution in [3.8, 4) is 0 Å².